The number of hydrogen-bond acceptors (Lipinski definition) is 4. The fourth-order valence-electron chi connectivity index (χ4n) is 2.20. The maximum absolute atomic E-state index is 11.0. The maximum atomic E-state index is 11.0. The minimum absolute atomic E-state index is 0.0935. The second-order valence-corrected chi connectivity index (χ2v) is 5.15. The molecule has 0 fully saturated rings. The monoisotopic (exact) mass is 294 g/mol. The van der Waals surface area contributed by atoms with Gasteiger partial charge in [-0.1, -0.05) is 12.1 Å². The van der Waals surface area contributed by atoms with E-state index in [9.17, 15) is 10.1 Å². The zero-order valence-electron chi connectivity index (χ0n) is 12.9. The SMILES string of the molecule is CC(=O)Nc1ccc(CNc2nc(C)cc(C)c2C#N)cc1. The minimum Gasteiger partial charge on any atom is -0.365 e. The van der Waals surface area contributed by atoms with Crippen LogP contribution in [0.4, 0.5) is 11.5 Å². The first kappa shape index (κ1) is 15.5. The summed E-state index contributed by atoms with van der Waals surface area (Å²) in [5.74, 6) is 0.509. The lowest BCUT2D eigenvalue weighted by molar-refractivity contribution is -0.114. The predicted molar refractivity (Wildman–Crippen MR) is 86.5 cm³/mol. The molecule has 22 heavy (non-hydrogen) atoms. The number of nitriles is 1. The molecule has 0 radical (unpaired) electrons. The third kappa shape index (κ3) is 3.83. The number of hydrogen-bond donors (Lipinski definition) is 2. The molecule has 5 heteroatoms. The van der Waals surface area contributed by atoms with E-state index in [2.05, 4.69) is 21.7 Å². The van der Waals surface area contributed by atoms with E-state index in [1.165, 1.54) is 6.92 Å². The number of aromatic nitrogens is 1. The van der Waals surface area contributed by atoms with Crippen LogP contribution >= 0.6 is 0 Å². The summed E-state index contributed by atoms with van der Waals surface area (Å²) in [7, 11) is 0. The highest BCUT2D eigenvalue weighted by Crippen LogP contribution is 2.18. The molecular formula is C17H18N4O. The van der Waals surface area contributed by atoms with Crippen molar-refractivity contribution in [2.24, 2.45) is 0 Å². The van der Waals surface area contributed by atoms with Crippen molar-refractivity contribution in [1.82, 2.24) is 4.98 Å². The van der Waals surface area contributed by atoms with Crippen LogP contribution in [0, 0.1) is 25.2 Å². The molecule has 2 rings (SSSR count). The Bertz CT molecular complexity index is 730. The number of carbonyl (C=O) groups excluding carboxylic acids is 1. The van der Waals surface area contributed by atoms with Gasteiger partial charge in [0.15, 0.2) is 0 Å². The number of nitrogens with one attached hydrogen (secondary N) is 2. The highest BCUT2D eigenvalue weighted by molar-refractivity contribution is 5.88. The summed E-state index contributed by atoms with van der Waals surface area (Å²) in [5.41, 5.74) is 4.16. The van der Waals surface area contributed by atoms with Gasteiger partial charge in [-0.15, -0.1) is 0 Å². The standard InChI is InChI=1S/C17H18N4O/c1-11-8-12(2)20-17(16(11)9-18)19-10-14-4-6-15(7-5-14)21-13(3)22/h4-8H,10H2,1-3H3,(H,19,20)(H,21,22). The van der Waals surface area contributed by atoms with E-state index >= 15 is 0 Å². The van der Waals surface area contributed by atoms with Crippen molar-refractivity contribution in [2.75, 3.05) is 10.6 Å². The number of anilines is 2. The van der Waals surface area contributed by atoms with Crippen molar-refractivity contribution in [2.45, 2.75) is 27.3 Å². The van der Waals surface area contributed by atoms with Crippen molar-refractivity contribution in [3.63, 3.8) is 0 Å². The molecule has 0 aliphatic carbocycles. The fourth-order valence-corrected chi connectivity index (χ4v) is 2.20. The third-order valence-corrected chi connectivity index (χ3v) is 3.19. The van der Waals surface area contributed by atoms with Gasteiger partial charge in [0.1, 0.15) is 11.9 Å². The van der Waals surface area contributed by atoms with Gasteiger partial charge in [-0.3, -0.25) is 4.79 Å². The van der Waals surface area contributed by atoms with Crippen LogP contribution in [0.3, 0.4) is 0 Å². The molecule has 1 aromatic heterocycles. The lowest BCUT2D eigenvalue weighted by Gasteiger charge is -2.11. The number of benzene rings is 1. The van der Waals surface area contributed by atoms with E-state index in [0.29, 0.717) is 17.9 Å². The van der Waals surface area contributed by atoms with Crippen molar-refractivity contribution in [3.05, 3.63) is 52.7 Å². The number of rotatable bonds is 4. The molecule has 0 saturated heterocycles. The van der Waals surface area contributed by atoms with E-state index in [-0.39, 0.29) is 5.91 Å². The average Bonchev–Trinajstić information content (AvgIpc) is 2.45. The summed E-state index contributed by atoms with van der Waals surface area (Å²) in [4.78, 5) is 15.4. The van der Waals surface area contributed by atoms with E-state index in [0.717, 1.165) is 22.5 Å². The van der Waals surface area contributed by atoms with E-state index in [1.807, 2.05) is 44.2 Å². The first-order chi connectivity index (χ1) is 10.5. The summed E-state index contributed by atoms with van der Waals surface area (Å²) < 4.78 is 0. The third-order valence-electron chi connectivity index (χ3n) is 3.19. The zero-order chi connectivity index (χ0) is 16.1. The van der Waals surface area contributed by atoms with Crippen molar-refractivity contribution < 1.29 is 4.79 Å². The number of amides is 1. The summed E-state index contributed by atoms with van der Waals surface area (Å²) >= 11 is 0. The smallest absolute Gasteiger partial charge is 0.221 e. The molecule has 5 nitrogen and oxygen atoms in total. The lowest BCUT2D eigenvalue weighted by atomic mass is 10.1. The minimum atomic E-state index is -0.0935. The van der Waals surface area contributed by atoms with Gasteiger partial charge in [-0.25, -0.2) is 4.98 Å². The molecule has 0 aliphatic heterocycles. The van der Waals surface area contributed by atoms with Gasteiger partial charge >= 0.3 is 0 Å². The van der Waals surface area contributed by atoms with Gasteiger partial charge in [0.25, 0.3) is 0 Å². The van der Waals surface area contributed by atoms with Gasteiger partial charge in [0, 0.05) is 24.8 Å². The number of aryl methyl sites for hydroxylation is 2. The molecule has 0 spiro atoms. The summed E-state index contributed by atoms with van der Waals surface area (Å²) in [6.45, 7) is 5.84. The van der Waals surface area contributed by atoms with Crippen LogP contribution < -0.4 is 10.6 Å². The Morgan fingerprint density at radius 3 is 2.55 bits per heavy atom. The van der Waals surface area contributed by atoms with Crippen LogP contribution in [0.25, 0.3) is 0 Å². The van der Waals surface area contributed by atoms with Gasteiger partial charge in [-0.05, 0) is 43.2 Å². The molecule has 0 saturated carbocycles. The van der Waals surface area contributed by atoms with Gasteiger partial charge in [0.05, 0.1) is 5.56 Å². The molecule has 0 aliphatic rings. The maximum Gasteiger partial charge on any atom is 0.221 e. The molecule has 2 aromatic rings. The number of carbonyl (C=O) groups is 1. The lowest BCUT2D eigenvalue weighted by Crippen LogP contribution is -2.07. The van der Waals surface area contributed by atoms with Gasteiger partial charge in [-0.2, -0.15) is 5.26 Å². The van der Waals surface area contributed by atoms with Gasteiger partial charge in [0.2, 0.25) is 5.91 Å². The van der Waals surface area contributed by atoms with Crippen LogP contribution in [0.2, 0.25) is 0 Å². The highest BCUT2D eigenvalue weighted by atomic mass is 16.1. The topological polar surface area (TPSA) is 77.8 Å². The van der Waals surface area contributed by atoms with Crippen molar-refractivity contribution >= 4 is 17.4 Å². The molecule has 0 atom stereocenters. The van der Waals surface area contributed by atoms with Crippen LogP contribution in [0.1, 0.15) is 29.3 Å². The Labute approximate surface area is 130 Å². The van der Waals surface area contributed by atoms with Crippen molar-refractivity contribution in [1.29, 1.82) is 5.26 Å². The van der Waals surface area contributed by atoms with E-state index in [4.69, 9.17) is 0 Å². The highest BCUT2D eigenvalue weighted by Gasteiger charge is 2.08. The molecule has 1 heterocycles. The van der Waals surface area contributed by atoms with Crippen LogP contribution in [0.5, 0.6) is 0 Å². The predicted octanol–water partition coefficient (Wildman–Crippen LogP) is 3.14. The Morgan fingerprint density at radius 2 is 1.95 bits per heavy atom. The molecule has 1 amide bonds. The quantitative estimate of drug-likeness (QED) is 0.908. The molecule has 0 unspecified atom stereocenters. The Kier molecular flexibility index (Phi) is 4.74. The molecular weight excluding hydrogens is 276 g/mol. The normalized spacial score (nSPS) is 9.91. The Hall–Kier alpha value is -2.87. The first-order valence-electron chi connectivity index (χ1n) is 6.98. The number of pyridine rings is 1. The average molecular weight is 294 g/mol. The van der Waals surface area contributed by atoms with Crippen molar-refractivity contribution in [3.8, 4) is 6.07 Å². The van der Waals surface area contributed by atoms with E-state index < -0.39 is 0 Å². The van der Waals surface area contributed by atoms with Crippen LogP contribution in [-0.2, 0) is 11.3 Å². The zero-order valence-corrected chi connectivity index (χ0v) is 12.9. The van der Waals surface area contributed by atoms with Crippen LogP contribution in [-0.4, -0.2) is 10.9 Å². The number of nitrogens with zero attached hydrogens (tertiary/aromatic N) is 2. The summed E-state index contributed by atoms with van der Waals surface area (Å²) in [5, 5.41) is 15.2. The second-order valence-electron chi connectivity index (χ2n) is 5.15. The fraction of sp³-hybridized carbons (Fsp3) is 0.235. The molecule has 2 N–H and O–H groups in total. The second kappa shape index (κ2) is 6.72. The largest absolute Gasteiger partial charge is 0.365 e. The van der Waals surface area contributed by atoms with Crippen LogP contribution in [0.15, 0.2) is 30.3 Å². The van der Waals surface area contributed by atoms with Gasteiger partial charge < -0.3 is 10.6 Å². The Balaban J connectivity index is 2.10. The molecule has 1 aromatic carbocycles. The van der Waals surface area contributed by atoms with E-state index in [1.54, 1.807) is 0 Å². The Morgan fingerprint density at radius 1 is 1.27 bits per heavy atom. The summed E-state index contributed by atoms with van der Waals surface area (Å²) in [6.07, 6.45) is 0. The summed E-state index contributed by atoms with van der Waals surface area (Å²) in [6, 6.07) is 11.6. The first-order valence-corrected chi connectivity index (χ1v) is 6.98. The molecule has 112 valence electrons. The molecule has 0 bridgehead atoms.